The molecule has 0 amide bonds. The first-order chi connectivity index (χ1) is 8.42. The molecule has 0 spiro atoms. The van der Waals surface area contributed by atoms with Gasteiger partial charge in [0.2, 0.25) is 0 Å². The standard InChI is InChI=1S/C10H19NO7/c1-4(9(14)16-2)17-8-6(11)10(15)18-5(3-12)7(8)13/h4-8,10,12-13,15H,3,11H2,1-2H3/t4-,5+,6+,7+,8+,10?/m0/s1. The molecule has 1 unspecified atom stereocenters. The maximum absolute atomic E-state index is 11.2. The largest absolute Gasteiger partial charge is 0.467 e. The van der Waals surface area contributed by atoms with Crippen LogP contribution < -0.4 is 5.73 Å². The zero-order valence-corrected chi connectivity index (χ0v) is 10.2. The highest BCUT2D eigenvalue weighted by atomic mass is 16.6. The second-order valence-corrected chi connectivity index (χ2v) is 4.08. The van der Waals surface area contributed by atoms with E-state index in [4.69, 9.17) is 20.3 Å². The molecule has 0 aromatic carbocycles. The summed E-state index contributed by atoms with van der Waals surface area (Å²) in [6.07, 6.45) is -5.65. The van der Waals surface area contributed by atoms with Gasteiger partial charge >= 0.3 is 5.97 Å². The third-order valence-corrected chi connectivity index (χ3v) is 2.81. The summed E-state index contributed by atoms with van der Waals surface area (Å²) in [6, 6.07) is -1.03. The van der Waals surface area contributed by atoms with Gasteiger partial charge in [-0.1, -0.05) is 0 Å². The van der Waals surface area contributed by atoms with Crippen LogP contribution in [0.4, 0.5) is 0 Å². The van der Waals surface area contributed by atoms with Crippen molar-refractivity contribution < 1.29 is 34.3 Å². The summed E-state index contributed by atoms with van der Waals surface area (Å²) in [5.74, 6) is -0.629. The van der Waals surface area contributed by atoms with Crippen molar-refractivity contribution in [3.63, 3.8) is 0 Å². The fourth-order valence-corrected chi connectivity index (χ4v) is 1.73. The first-order valence-corrected chi connectivity index (χ1v) is 5.53. The van der Waals surface area contributed by atoms with Gasteiger partial charge in [0.05, 0.1) is 19.8 Å². The van der Waals surface area contributed by atoms with Crippen LogP contribution >= 0.6 is 0 Å². The number of aliphatic hydroxyl groups excluding tert-OH is 3. The predicted octanol–water partition coefficient (Wildman–Crippen LogP) is -2.67. The normalized spacial score (nSPS) is 38.2. The second kappa shape index (κ2) is 6.41. The summed E-state index contributed by atoms with van der Waals surface area (Å²) in [7, 11) is 1.20. The Balaban J connectivity index is 2.73. The van der Waals surface area contributed by atoms with Crippen molar-refractivity contribution in [2.24, 2.45) is 5.73 Å². The molecule has 1 rings (SSSR count). The number of methoxy groups -OCH3 is 1. The van der Waals surface area contributed by atoms with E-state index in [-0.39, 0.29) is 0 Å². The minimum atomic E-state index is -1.39. The third-order valence-electron chi connectivity index (χ3n) is 2.81. The van der Waals surface area contributed by atoms with E-state index >= 15 is 0 Å². The number of esters is 1. The Morgan fingerprint density at radius 2 is 2.11 bits per heavy atom. The monoisotopic (exact) mass is 265 g/mol. The molecule has 0 aliphatic carbocycles. The third kappa shape index (κ3) is 3.16. The van der Waals surface area contributed by atoms with Gasteiger partial charge in [0.15, 0.2) is 12.4 Å². The molecule has 1 saturated heterocycles. The molecule has 18 heavy (non-hydrogen) atoms. The first-order valence-electron chi connectivity index (χ1n) is 5.53. The van der Waals surface area contributed by atoms with E-state index in [0.717, 1.165) is 0 Å². The molecule has 1 aliphatic rings. The summed E-state index contributed by atoms with van der Waals surface area (Å²) in [5.41, 5.74) is 5.63. The lowest BCUT2D eigenvalue weighted by Crippen LogP contribution is -2.63. The number of rotatable bonds is 4. The van der Waals surface area contributed by atoms with Crippen molar-refractivity contribution in [3.05, 3.63) is 0 Å². The summed E-state index contributed by atoms with van der Waals surface area (Å²) in [6.45, 7) is 0.929. The van der Waals surface area contributed by atoms with Crippen LogP contribution in [0.1, 0.15) is 6.92 Å². The number of hydrogen-bond acceptors (Lipinski definition) is 8. The molecule has 6 atom stereocenters. The van der Waals surface area contributed by atoms with Crippen molar-refractivity contribution in [1.29, 1.82) is 0 Å². The van der Waals surface area contributed by atoms with Crippen LogP contribution in [0.5, 0.6) is 0 Å². The van der Waals surface area contributed by atoms with Crippen LogP contribution in [-0.2, 0) is 19.0 Å². The topological polar surface area (TPSA) is 131 Å². The molecular weight excluding hydrogens is 246 g/mol. The van der Waals surface area contributed by atoms with Gasteiger partial charge in [0.1, 0.15) is 18.3 Å². The van der Waals surface area contributed by atoms with E-state index in [2.05, 4.69) is 4.74 Å². The molecule has 0 saturated carbocycles. The summed E-state index contributed by atoms with van der Waals surface area (Å²) < 4.78 is 14.6. The van der Waals surface area contributed by atoms with Gasteiger partial charge in [0.25, 0.3) is 0 Å². The molecule has 1 aliphatic heterocycles. The summed E-state index contributed by atoms with van der Waals surface area (Å²) >= 11 is 0. The van der Waals surface area contributed by atoms with Gasteiger partial charge in [0, 0.05) is 0 Å². The zero-order chi connectivity index (χ0) is 13.9. The van der Waals surface area contributed by atoms with Gasteiger partial charge < -0.3 is 35.3 Å². The number of nitrogens with two attached hydrogens (primary N) is 1. The molecular formula is C10H19NO7. The van der Waals surface area contributed by atoms with E-state index < -0.39 is 49.3 Å². The molecule has 8 heteroatoms. The van der Waals surface area contributed by atoms with Gasteiger partial charge in [-0.05, 0) is 6.92 Å². The molecule has 106 valence electrons. The molecule has 0 radical (unpaired) electrons. The van der Waals surface area contributed by atoms with E-state index in [0.29, 0.717) is 0 Å². The summed E-state index contributed by atoms with van der Waals surface area (Å²) in [4.78, 5) is 11.2. The SMILES string of the molecule is COC(=O)[C@H](C)O[C@H]1[C@H](O)[C@@H](CO)OC(O)[C@@H]1N. The molecule has 0 aromatic rings. The highest BCUT2D eigenvalue weighted by Gasteiger charge is 2.44. The van der Waals surface area contributed by atoms with Crippen LogP contribution in [0.2, 0.25) is 0 Å². The van der Waals surface area contributed by atoms with E-state index in [1.807, 2.05) is 0 Å². The van der Waals surface area contributed by atoms with Gasteiger partial charge in [-0.2, -0.15) is 0 Å². The fourth-order valence-electron chi connectivity index (χ4n) is 1.73. The molecule has 1 heterocycles. The molecule has 5 N–H and O–H groups in total. The quantitative estimate of drug-likeness (QED) is 0.405. The van der Waals surface area contributed by atoms with E-state index in [9.17, 15) is 15.0 Å². The Bertz CT molecular complexity index is 287. The Labute approximate surface area is 104 Å². The maximum atomic E-state index is 11.2. The summed E-state index contributed by atoms with van der Waals surface area (Å²) in [5, 5.41) is 28.4. The van der Waals surface area contributed by atoms with Crippen molar-refractivity contribution in [2.75, 3.05) is 13.7 Å². The number of hydrogen-bond donors (Lipinski definition) is 4. The minimum absolute atomic E-state index is 0.503. The van der Waals surface area contributed by atoms with Crippen molar-refractivity contribution >= 4 is 5.97 Å². The molecule has 0 bridgehead atoms. The number of ether oxygens (including phenoxy) is 3. The van der Waals surface area contributed by atoms with Crippen LogP contribution in [0.25, 0.3) is 0 Å². The molecule has 8 nitrogen and oxygen atoms in total. The molecule has 1 fully saturated rings. The van der Waals surface area contributed by atoms with E-state index in [1.165, 1.54) is 14.0 Å². The zero-order valence-electron chi connectivity index (χ0n) is 10.2. The van der Waals surface area contributed by atoms with Crippen LogP contribution in [-0.4, -0.2) is 71.8 Å². The highest BCUT2D eigenvalue weighted by Crippen LogP contribution is 2.22. The number of carbonyl (C=O) groups is 1. The maximum Gasteiger partial charge on any atom is 0.334 e. The van der Waals surface area contributed by atoms with Crippen molar-refractivity contribution in [3.8, 4) is 0 Å². The average molecular weight is 265 g/mol. The Kier molecular flexibility index (Phi) is 5.45. The van der Waals surface area contributed by atoms with Gasteiger partial charge in [-0.25, -0.2) is 4.79 Å². The molecule has 0 aromatic heterocycles. The lowest BCUT2D eigenvalue weighted by atomic mass is 9.97. The lowest BCUT2D eigenvalue weighted by molar-refractivity contribution is -0.263. The lowest BCUT2D eigenvalue weighted by Gasteiger charge is -2.41. The predicted molar refractivity (Wildman–Crippen MR) is 58.3 cm³/mol. The first kappa shape index (κ1) is 15.3. The fraction of sp³-hybridized carbons (Fsp3) is 0.900. The highest BCUT2D eigenvalue weighted by molar-refractivity contribution is 5.73. The Hall–Kier alpha value is -0.770. The van der Waals surface area contributed by atoms with Gasteiger partial charge in [-0.3, -0.25) is 0 Å². The Morgan fingerprint density at radius 1 is 1.50 bits per heavy atom. The van der Waals surface area contributed by atoms with Crippen molar-refractivity contribution in [1.82, 2.24) is 0 Å². The minimum Gasteiger partial charge on any atom is -0.467 e. The Morgan fingerprint density at radius 3 is 2.61 bits per heavy atom. The second-order valence-electron chi connectivity index (χ2n) is 4.08. The number of aliphatic hydroxyl groups is 3. The van der Waals surface area contributed by atoms with Crippen molar-refractivity contribution in [2.45, 2.75) is 43.7 Å². The van der Waals surface area contributed by atoms with Crippen LogP contribution in [0.3, 0.4) is 0 Å². The van der Waals surface area contributed by atoms with Crippen LogP contribution in [0, 0.1) is 0 Å². The van der Waals surface area contributed by atoms with Crippen LogP contribution in [0.15, 0.2) is 0 Å². The average Bonchev–Trinajstić information content (AvgIpc) is 2.37. The van der Waals surface area contributed by atoms with Gasteiger partial charge in [-0.15, -0.1) is 0 Å². The van der Waals surface area contributed by atoms with E-state index in [1.54, 1.807) is 0 Å². The smallest absolute Gasteiger partial charge is 0.334 e. The number of carbonyl (C=O) groups excluding carboxylic acids is 1.